The molecule has 5 heteroatoms. The van der Waals surface area contributed by atoms with Crippen molar-refractivity contribution in [3.63, 3.8) is 0 Å². The van der Waals surface area contributed by atoms with Gasteiger partial charge in [0, 0.05) is 6.42 Å². The summed E-state index contributed by atoms with van der Waals surface area (Å²) in [7, 11) is 0. The van der Waals surface area contributed by atoms with Crippen molar-refractivity contribution in [1.82, 2.24) is 0 Å². The Hall–Kier alpha value is -1.22. The van der Waals surface area contributed by atoms with E-state index in [2.05, 4.69) is 9.53 Å². The number of ether oxygens (including phenoxy) is 1. The third kappa shape index (κ3) is 3.74. The molecule has 0 heterocycles. The molecular weight excluding hydrogens is 139 g/mol. The van der Waals surface area contributed by atoms with Crippen LogP contribution in [0.15, 0.2) is 0 Å². The zero-order chi connectivity index (χ0) is 7.98. The van der Waals surface area contributed by atoms with Gasteiger partial charge in [-0.2, -0.15) is 0 Å². The minimum atomic E-state index is -1.11. The maximum absolute atomic E-state index is 11.9. The second-order valence-corrected chi connectivity index (χ2v) is 1.49. The fourth-order valence-corrected chi connectivity index (χ4v) is 0.271. The summed E-state index contributed by atoms with van der Waals surface area (Å²) in [6.07, 6.45) is 0.179. The molecule has 0 amide bonds. The Morgan fingerprint density at radius 1 is 1.80 bits per heavy atom. The molecule has 0 bridgehead atoms. The van der Waals surface area contributed by atoms with Crippen LogP contribution in [0, 0.1) is 0 Å². The minimum absolute atomic E-state index is 0.179. The van der Waals surface area contributed by atoms with E-state index in [0.717, 1.165) is 0 Å². The van der Waals surface area contributed by atoms with E-state index in [1.807, 2.05) is 0 Å². The standard InChI is InChI=1S/C5H7FN2O2/c1-2-5(9)10-3-4(6)8-7/h2-3H2,1H3. The average molecular weight is 146 g/mol. The van der Waals surface area contributed by atoms with Gasteiger partial charge in [-0.1, -0.05) is 6.92 Å². The fourth-order valence-electron chi connectivity index (χ4n) is 0.271. The Morgan fingerprint density at radius 3 is 2.80 bits per heavy atom. The van der Waals surface area contributed by atoms with Crippen LogP contribution in [-0.4, -0.2) is 23.3 Å². The number of hydrogen-bond acceptors (Lipinski definition) is 2. The van der Waals surface area contributed by atoms with Gasteiger partial charge in [-0.25, -0.2) is 0 Å². The number of carbonyl (C=O) groups is 1. The highest BCUT2D eigenvalue weighted by atomic mass is 19.1. The number of rotatable bonds is 3. The lowest BCUT2D eigenvalue weighted by Gasteiger charge is -1.93. The van der Waals surface area contributed by atoms with E-state index in [1.165, 1.54) is 0 Å². The molecule has 0 rings (SSSR count). The van der Waals surface area contributed by atoms with Crippen LogP contribution in [0.2, 0.25) is 0 Å². The molecule has 56 valence electrons. The first kappa shape index (κ1) is 8.78. The number of carbonyl (C=O) groups excluding carboxylic acids is 1. The Balaban J connectivity index is 3.55. The van der Waals surface area contributed by atoms with Crippen molar-refractivity contribution in [2.45, 2.75) is 13.3 Å². The lowest BCUT2D eigenvalue weighted by Crippen LogP contribution is -2.09. The van der Waals surface area contributed by atoms with E-state index in [4.69, 9.17) is 5.53 Å². The second kappa shape index (κ2) is 4.64. The van der Waals surface area contributed by atoms with Gasteiger partial charge in [0.1, 0.15) is 0 Å². The number of nitrogens with zero attached hydrogens (tertiary/aromatic N) is 2. The number of esters is 1. The number of halogens is 1. The van der Waals surface area contributed by atoms with Crippen LogP contribution in [0.25, 0.3) is 5.53 Å². The molecule has 0 aromatic heterocycles. The molecule has 0 unspecified atom stereocenters. The molecule has 4 nitrogen and oxygen atoms in total. The average Bonchev–Trinajstić information content (AvgIpc) is 1.99. The highest BCUT2D eigenvalue weighted by Gasteiger charge is 2.07. The Bertz CT molecular complexity index is 174. The summed E-state index contributed by atoms with van der Waals surface area (Å²) in [6, 6.07) is 0. The molecule has 0 aromatic rings. The van der Waals surface area contributed by atoms with Crippen molar-refractivity contribution < 1.29 is 18.7 Å². The Morgan fingerprint density at radius 2 is 2.40 bits per heavy atom. The predicted molar refractivity (Wildman–Crippen MR) is 31.0 cm³/mol. The second-order valence-electron chi connectivity index (χ2n) is 1.49. The molecule has 0 N–H and O–H groups in total. The third-order valence-corrected chi connectivity index (χ3v) is 0.749. The monoisotopic (exact) mass is 146 g/mol. The predicted octanol–water partition coefficient (Wildman–Crippen LogP) is 0.537. The zero-order valence-corrected chi connectivity index (χ0v) is 5.50. The van der Waals surface area contributed by atoms with Gasteiger partial charge in [-0.05, 0) is 0 Å². The molecule has 0 saturated carbocycles. The summed E-state index contributed by atoms with van der Waals surface area (Å²) in [5, 5.41) is 0. The van der Waals surface area contributed by atoms with E-state index >= 15 is 0 Å². The minimum Gasteiger partial charge on any atom is -0.450 e. The van der Waals surface area contributed by atoms with Crippen LogP contribution >= 0.6 is 0 Å². The van der Waals surface area contributed by atoms with Crippen LogP contribution < -0.4 is 0 Å². The molecule has 0 aliphatic carbocycles. The van der Waals surface area contributed by atoms with Crippen molar-refractivity contribution in [2.75, 3.05) is 6.61 Å². The van der Waals surface area contributed by atoms with Gasteiger partial charge in [-0.3, -0.25) is 4.79 Å². The summed E-state index contributed by atoms with van der Waals surface area (Å²) >= 11 is 0. The zero-order valence-electron chi connectivity index (χ0n) is 5.50. The molecule has 0 radical (unpaired) electrons. The highest BCUT2D eigenvalue weighted by molar-refractivity contribution is 5.75. The molecule has 0 saturated heterocycles. The van der Waals surface area contributed by atoms with Crippen molar-refractivity contribution in [2.24, 2.45) is 0 Å². The third-order valence-electron chi connectivity index (χ3n) is 0.749. The highest BCUT2D eigenvalue weighted by Crippen LogP contribution is 1.84. The first-order valence-corrected chi connectivity index (χ1v) is 2.72. The molecule has 0 atom stereocenters. The molecule has 0 aliphatic rings. The Labute approximate surface area is 57.2 Å². The molecule has 0 aliphatic heterocycles. The van der Waals surface area contributed by atoms with E-state index in [0.29, 0.717) is 0 Å². The van der Waals surface area contributed by atoms with Gasteiger partial charge in [0.05, 0.1) is 0 Å². The number of hydrogen-bond donors (Lipinski definition) is 0. The topological polar surface area (TPSA) is 62.7 Å². The van der Waals surface area contributed by atoms with Crippen molar-refractivity contribution >= 4 is 11.9 Å². The normalized spacial score (nSPS) is 8.20. The van der Waals surface area contributed by atoms with Crippen molar-refractivity contribution in [3.8, 4) is 0 Å². The van der Waals surface area contributed by atoms with Crippen LogP contribution in [0.1, 0.15) is 13.3 Å². The smallest absolute Gasteiger partial charge is 0.450 e. The lowest BCUT2D eigenvalue weighted by molar-refractivity contribution is -0.143. The molecule has 0 fully saturated rings. The fraction of sp³-hybridized carbons (Fsp3) is 0.600. The van der Waals surface area contributed by atoms with Gasteiger partial charge in [-0.15, -0.1) is 9.18 Å². The van der Waals surface area contributed by atoms with E-state index in [-0.39, 0.29) is 6.42 Å². The maximum atomic E-state index is 11.9. The first-order chi connectivity index (χ1) is 4.70. The Kier molecular flexibility index (Phi) is 4.07. The first-order valence-electron chi connectivity index (χ1n) is 2.72. The van der Waals surface area contributed by atoms with Crippen LogP contribution in [0.5, 0.6) is 0 Å². The summed E-state index contributed by atoms with van der Waals surface area (Å²) in [5.74, 6) is -1.64. The summed E-state index contributed by atoms with van der Waals surface area (Å²) in [6.45, 7) is 0.986. The molecule has 0 aromatic carbocycles. The summed E-state index contributed by atoms with van der Waals surface area (Å²) < 4.78 is 16.1. The quantitative estimate of drug-likeness (QED) is 0.252. The van der Waals surface area contributed by atoms with Crippen LogP contribution in [0.3, 0.4) is 0 Å². The van der Waals surface area contributed by atoms with E-state index < -0.39 is 18.5 Å². The van der Waals surface area contributed by atoms with Gasteiger partial charge in [0.2, 0.25) is 6.61 Å². The molecular formula is C5H7FN2O2. The van der Waals surface area contributed by atoms with Crippen LogP contribution in [0.4, 0.5) is 4.39 Å². The van der Waals surface area contributed by atoms with Gasteiger partial charge in [0.25, 0.3) is 0 Å². The van der Waals surface area contributed by atoms with Crippen LogP contribution in [-0.2, 0) is 9.53 Å². The largest absolute Gasteiger partial charge is 0.480 e. The van der Waals surface area contributed by atoms with Gasteiger partial charge < -0.3 is 10.3 Å². The van der Waals surface area contributed by atoms with E-state index in [1.54, 1.807) is 6.92 Å². The van der Waals surface area contributed by atoms with Gasteiger partial charge in [0.15, 0.2) is 0 Å². The van der Waals surface area contributed by atoms with Gasteiger partial charge >= 0.3 is 11.9 Å². The summed E-state index contributed by atoms with van der Waals surface area (Å²) in [4.78, 5) is 12.5. The molecule has 0 spiro atoms. The maximum Gasteiger partial charge on any atom is 0.480 e. The van der Waals surface area contributed by atoms with Crippen molar-refractivity contribution in [3.05, 3.63) is 5.53 Å². The summed E-state index contributed by atoms with van der Waals surface area (Å²) in [5.41, 5.74) is 7.74. The van der Waals surface area contributed by atoms with Crippen molar-refractivity contribution in [1.29, 1.82) is 0 Å². The lowest BCUT2D eigenvalue weighted by atomic mass is 10.5. The molecule has 10 heavy (non-hydrogen) atoms. The SMILES string of the molecule is CCC(=O)OCC(F)=[N+]=[N-]. The van der Waals surface area contributed by atoms with E-state index in [9.17, 15) is 9.18 Å².